The summed E-state index contributed by atoms with van der Waals surface area (Å²) in [6.45, 7) is 0.225. The molecule has 0 atom stereocenters. The van der Waals surface area contributed by atoms with E-state index < -0.39 is 0 Å². The number of thiocarbonyl (C=S) groups is 1. The van der Waals surface area contributed by atoms with Gasteiger partial charge in [-0.25, -0.2) is 0 Å². The molecule has 2 aromatic rings. The number of hydrogen-bond donors (Lipinski definition) is 1. The Kier molecular flexibility index (Phi) is 6.38. The van der Waals surface area contributed by atoms with Crippen molar-refractivity contribution in [2.75, 3.05) is 0 Å². The number of halogens is 4. The first-order valence-corrected chi connectivity index (χ1v) is 9.88. The van der Waals surface area contributed by atoms with Crippen LogP contribution in [0.5, 0.6) is 5.75 Å². The van der Waals surface area contributed by atoms with Crippen LogP contribution in [0.2, 0.25) is 20.1 Å². The number of nitrogens with one attached hydrogen (secondary N) is 1. The number of benzene rings is 2. The van der Waals surface area contributed by atoms with E-state index >= 15 is 0 Å². The molecule has 0 aromatic heterocycles. The maximum atomic E-state index is 11.7. The van der Waals surface area contributed by atoms with Crippen LogP contribution in [0.4, 0.5) is 0 Å². The summed E-state index contributed by atoms with van der Waals surface area (Å²) in [6.07, 6.45) is 1.67. The molecule has 1 saturated heterocycles. The summed E-state index contributed by atoms with van der Waals surface area (Å²) in [5, 5.41) is 4.12. The van der Waals surface area contributed by atoms with Gasteiger partial charge < -0.3 is 10.1 Å². The number of amides is 1. The Labute approximate surface area is 179 Å². The van der Waals surface area contributed by atoms with Crippen molar-refractivity contribution in [3.8, 4) is 5.75 Å². The summed E-state index contributed by atoms with van der Waals surface area (Å²) in [4.78, 5) is 12.2. The van der Waals surface area contributed by atoms with Gasteiger partial charge in [-0.1, -0.05) is 76.4 Å². The van der Waals surface area contributed by atoms with E-state index in [0.29, 0.717) is 40.6 Å². The standard InChI is InChI=1S/C17H9Cl4NO2S2/c18-10-2-1-8(3-11(10)19)7-24-15-12(20)4-9(5-13(15)21)6-14-16(23)22-17(25)26-14/h1-6H,7H2,(H,22,23,25)/b14-6-. The maximum absolute atomic E-state index is 11.7. The second-order valence-corrected chi connectivity index (χ2v) is 8.55. The van der Waals surface area contributed by atoms with Gasteiger partial charge in [-0.05, 0) is 41.5 Å². The third kappa shape index (κ3) is 4.66. The van der Waals surface area contributed by atoms with Crippen molar-refractivity contribution in [3.63, 3.8) is 0 Å². The van der Waals surface area contributed by atoms with Crippen LogP contribution in [0, 0.1) is 0 Å². The van der Waals surface area contributed by atoms with E-state index in [1.807, 2.05) is 0 Å². The summed E-state index contributed by atoms with van der Waals surface area (Å²) in [7, 11) is 0. The fraction of sp³-hybridized carbons (Fsp3) is 0.0588. The Morgan fingerprint density at radius 1 is 1.04 bits per heavy atom. The zero-order chi connectivity index (χ0) is 18.8. The van der Waals surface area contributed by atoms with Gasteiger partial charge >= 0.3 is 0 Å². The largest absolute Gasteiger partial charge is 0.486 e. The molecule has 2 aromatic carbocycles. The van der Waals surface area contributed by atoms with E-state index in [-0.39, 0.29) is 12.5 Å². The Morgan fingerprint density at radius 2 is 1.73 bits per heavy atom. The van der Waals surface area contributed by atoms with Crippen molar-refractivity contribution in [3.05, 3.63) is 66.5 Å². The van der Waals surface area contributed by atoms with Gasteiger partial charge in [0.25, 0.3) is 5.91 Å². The lowest BCUT2D eigenvalue weighted by molar-refractivity contribution is -0.115. The van der Waals surface area contributed by atoms with E-state index in [1.165, 1.54) is 11.8 Å². The van der Waals surface area contributed by atoms with Gasteiger partial charge in [0, 0.05) is 0 Å². The van der Waals surface area contributed by atoms with Crippen molar-refractivity contribution in [1.82, 2.24) is 5.32 Å². The van der Waals surface area contributed by atoms with Gasteiger partial charge in [-0.3, -0.25) is 4.79 Å². The van der Waals surface area contributed by atoms with Gasteiger partial charge in [0.05, 0.1) is 25.0 Å². The summed E-state index contributed by atoms with van der Waals surface area (Å²) < 4.78 is 6.14. The van der Waals surface area contributed by atoms with Gasteiger partial charge in [-0.2, -0.15) is 0 Å². The number of carbonyl (C=O) groups excluding carboxylic acids is 1. The van der Waals surface area contributed by atoms with E-state index in [0.717, 1.165) is 5.56 Å². The summed E-state index contributed by atoms with van der Waals surface area (Å²) in [5.41, 5.74) is 1.49. The molecule has 0 radical (unpaired) electrons. The van der Waals surface area contributed by atoms with Crippen LogP contribution in [0.25, 0.3) is 6.08 Å². The molecule has 134 valence electrons. The third-order valence-corrected chi connectivity index (χ3v) is 5.79. The molecule has 0 unspecified atom stereocenters. The quantitative estimate of drug-likeness (QED) is 0.421. The highest BCUT2D eigenvalue weighted by Crippen LogP contribution is 2.36. The van der Waals surface area contributed by atoms with E-state index in [9.17, 15) is 4.79 Å². The minimum Gasteiger partial charge on any atom is -0.486 e. The van der Waals surface area contributed by atoms with Crippen LogP contribution in [0.15, 0.2) is 35.2 Å². The first-order chi connectivity index (χ1) is 12.3. The number of thioether (sulfide) groups is 1. The Balaban J connectivity index is 1.79. The number of rotatable bonds is 4. The number of carbonyl (C=O) groups is 1. The van der Waals surface area contributed by atoms with Crippen molar-refractivity contribution >= 4 is 86.7 Å². The molecule has 26 heavy (non-hydrogen) atoms. The zero-order valence-electron chi connectivity index (χ0n) is 12.8. The van der Waals surface area contributed by atoms with Crippen molar-refractivity contribution in [1.29, 1.82) is 0 Å². The summed E-state index contributed by atoms with van der Waals surface area (Å²) in [6, 6.07) is 8.53. The van der Waals surface area contributed by atoms with Crippen LogP contribution < -0.4 is 10.1 Å². The lowest BCUT2D eigenvalue weighted by atomic mass is 10.2. The highest BCUT2D eigenvalue weighted by Gasteiger charge is 2.22. The lowest BCUT2D eigenvalue weighted by Crippen LogP contribution is -2.17. The molecule has 1 amide bonds. The van der Waals surface area contributed by atoms with Crippen LogP contribution in [0.3, 0.4) is 0 Å². The normalized spacial score (nSPS) is 15.5. The van der Waals surface area contributed by atoms with Gasteiger partial charge in [0.2, 0.25) is 0 Å². The smallest absolute Gasteiger partial charge is 0.263 e. The second-order valence-electron chi connectivity index (χ2n) is 5.20. The molecule has 0 bridgehead atoms. The van der Waals surface area contributed by atoms with Gasteiger partial charge in [0.15, 0.2) is 5.75 Å². The SMILES string of the molecule is O=C1NC(=S)S/C1=C\c1cc(Cl)c(OCc2ccc(Cl)c(Cl)c2)c(Cl)c1. The first kappa shape index (κ1) is 19.8. The molecule has 0 spiro atoms. The molecule has 9 heteroatoms. The Morgan fingerprint density at radius 3 is 2.31 bits per heavy atom. The molecule has 0 aliphatic carbocycles. The fourth-order valence-electron chi connectivity index (χ4n) is 2.16. The Bertz CT molecular complexity index is 923. The van der Waals surface area contributed by atoms with E-state index in [1.54, 1.807) is 36.4 Å². The summed E-state index contributed by atoms with van der Waals surface area (Å²) >= 11 is 30.6. The molecular weight excluding hydrogens is 456 g/mol. The monoisotopic (exact) mass is 463 g/mol. The minimum atomic E-state index is -0.243. The molecule has 1 heterocycles. The average molecular weight is 465 g/mol. The molecule has 0 saturated carbocycles. The minimum absolute atomic E-state index is 0.225. The first-order valence-electron chi connectivity index (χ1n) is 7.14. The fourth-order valence-corrected chi connectivity index (χ4v) is 4.14. The van der Waals surface area contributed by atoms with Gasteiger partial charge in [-0.15, -0.1) is 0 Å². The molecule has 3 rings (SSSR count). The highest BCUT2D eigenvalue weighted by atomic mass is 35.5. The van der Waals surface area contributed by atoms with Crippen molar-refractivity contribution < 1.29 is 9.53 Å². The second kappa shape index (κ2) is 8.38. The van der Waals surface area contributed by atoms with Crippen LogP contribution in [-0.4, -0.2) is 10.2 Å². The third-order valence-electron chi connectivity index (χ3n) is 3.33. The van der Waals surface area contributed by atoms with Crippen molar-refractivity contribution in [2.24, 2.45) is 0 Å². The predicted molar refractivity (Wildman–Crippen MR) is 114 cm³/mol. The van der Waals surface area contributed by atoms with Crippen LogP contribution >= 0.6 is 70.4 Å². The molecule has 1 fully saturated rings. The van der Waals surface area contributed by atoms with Crippen LogP contribution in [0.1, 0.15) is 11.1 Å². The van der Waals surface area contributed by atoms with E-state index in [4.69, 9.17) is 63.4 Å². The molecular formula is C17H9Cl4NO2S2. The molecule has 3 nitrogen and oxygen atoms in total. The number of hydrogen-bond acceptors (Lipinski definition) is 4. The zero-order valence-corrected chi connectivity index (χ0v) is 17.5. The Hall–Kier alpha value is -0.950. The molecule has 1 aliphatic heterocycles. The average Bonchev–Trinajstić information content (AvgIpc) is 2.87. The highest BCUT2D eigenvalue weighted by molar-refractivity contribution is 8.26. The maximum Gasteiger partial charge on any atom is 0.263 e. The lowest BCUT2D eigenvalue weighted by Gasteiger charge is -2.11. The molecule has 1 aliphatic rings. The van der Waals surface area contributed by atoms with Crippen molar-refractivity contribution in [2.45, 2.75) is 6.61 Å². The topological polar surface area (TPSA) is 38.3 Å². The molecule has 1 N–H and O–H groups in total. The van der Waals surface area contributed by atoms with E-state index in [2.05, 4.69) is 5.32 Å². The summed E-state index contributed by atoms with van der Waals surface area (Å²) in [5.74, 6) is 0.104. The van der Waals surface area contributed by atoms with Gasteiger partial charge in [0.1, 0.15) is 10.9 Å². The van der Waals surface area contributed by atoms with Crippen LogP contribution in [-0.2, 0) is 11.4 Å². The number of ether oxygens (including phenoxy) is 1. The predicted octanol–water partition coefficient (Wildman–Crippen LogP) is 6.37.